The Labute approximate surface area is 160 Å². The highest BCUT2D eigenvalue weighted by Gasteiger charge is 2.08. The number of rotatable bonds is 4. The third-order valence-electron chi connectivity index (χ3n) is 3.49. The second-order valence-corrected chi connectivity index (χ2v) is 6.51. The molecule has 3 nitrogen and oxygen atoms in total. The van der Waals surface area contributed by atoms with Crippen molar-refractivity contribution in [3.05, 3.63) is 69.3 Å². The van der Waals surface area contributed by atoms with Crippen LogP contribution in [0.4, 0.5) is 5.69 Å². The predicted molar refractivity (Wildman–Crippen MR) is 107 cm³/mol. The second-order valence-electron chi connectivity index (χ2n) is 5.24. The van der Waals surface area contributed by atoms with E-state index in [0.717, 1.165) is 21.7 Å². The molecular formula is C18H18BrClN2OS. The Balaban J connectivity index is 0.00000208. The van der Waals surface area contributed by atoms with Crippen LogP contribution in [0.15, 0.2) is 58.9 Å². The number of hydrogen-bond donors (Lipinski definition) is 1. The molecule has 0 spiro atoms. The molecule has 0 aliphatic carbocycles. The molecule has 0 bridgehead atoms. The minimum absolute atomic E-state index is 0. The van der Waals surface area contributed by atoms with Gasteiger partial charge in [-0.05, 0) is 42.3 Å². The van der Waals surface area contributed by atoms with Crippen molar-refractivity contribution in [1.82, 2.24) is 4.57 Å². The number of halogens is 2. The largest absolute Gasteiger partial charge is 0.395 e. The third kappa shape index (κ3) is 4.36. The number of aliphatic hydroxyl groups is 1. The van der Waals surface area contributed by atoms with Crippen molar-refractivity contribution in [3.8, 4) is 11.3 Å². The molecular weight excluding hydrogens is 408 g/mol. The SMILES string of the molecule is Br.Cc1cccc(N=c2scc(-c3ccc(Cl)cc3)n2CCO)c1. The monoisotopic (exact) mass is 424 g/mol. The summed E-state index contributed by atoms with van der Waals surface area (Å²) in [6.07, 6.45) is 0. The minimum atomic E-state index is 0. The van der Waals surface area contributed by atoms with Crippen LogP contribution in [0.1, 0.15) is 5.56 Å². The first-order valence-electron chi connectivity index (χ1n) is 7.34. The number of thiazole rings is 1. The van der Waals surface area contributed by atoms with Gasteiger partial charge in [-0.3, -0.25) is 0 Å². The van der Waals surface area contributed by atoms with Gasteiger partial charge in [-0.15, -0.1) is 28.3 Å². The molecule has 1 aromatic heterocycles. The zero-order valence-corrected chi connectivity index (χ0v) is 16.4. The molecule has 0 aliphatic rings. The number of nitrogens with zero attached hydrogens (tertiary/aromatic N) is 2. The molecule has 126 valence electrons. The van der Waals surface area contributed by atoms with Gasteiger partial charge >= 0.3 is 0 Å². The maximum atomic E-state index is 9.41. The first-order chi connectivity index (χ1) is 11.2. The Hall–Kier alpha value is -1.40. The highest BCUT2D eigenvalue weighted by atomic mass is 79.9. The van der Waals surface area contributed by atoms with Crippen molar-refractivity contribution >= 4 is 45.6 Å². The average molecular weight is 426 g/mol. The standard InChI is InChI=1S/C18H17ClN2OS.BrH/c1-13-3-2-4-16(11-13)20-18-21(9-10-22)17(12-23-18)14-5-7-15(19)8-6-14;/h2-8,11-12,22H,9-10H2,1H3;1H. The maximum Gasteiger partial charge on any atom is 0.190 e. The summed E-state index contributed by atoms with van der Waals surface area (Å²) in [6.45, 7) is 2.62. The van der Waals surface area contributed by atoms with E-state index in [0.29, 0.717) is 11.6 Å². The van der Waals surface area contributed by atoms with E-state index in [9.17, 15) is 5.11 Å². The molecule has 0 aliphatic heterocycles. The molecule has 0 amide bonds. The summed E-state index contributed by atoms with van der Waals surface area (Å²) in [5, 5.41) is 12.2. The summed E-state index contributed by atoms with van der Waals surface area (Å²) in [5.74, 6) is 0. The molecule has 1 N–H and O–H groups in total. The van der Waals surface area contributed by atoms with Gasteiger partial charge in [0.2, 0.25) is 0 Å². The third-order valence-corrected chi connectivity index (χ3v) is 4.60. The van der Waals surface area contributed by atoms with Gasteiger partial charge in [0.15, 0.2) is 4.80 Å². The average Bonchev–Trinajstić information content (AvgIpc) is 2.91. The van der Waals surface area contributed by atoms with Crippen LogP contribution in [0, 0.1) is 6.92 Å². The van der Waals surface area contributed by atoms with Crippen molar-refractivity contribution in [2.24, 2.45) is 4.99 Å². The molecule has 0 saturated carbocycles. The van der Waals surface area contributed by atoms with Gasteiger partial charge in [-0.25, -0.2) is 4.99 Å². The Morgan fingerprint density at radius 2 is 1.92 bits per heavy atom. The van der Waals surface area contributed by atoms with Crippen molar-refractivity contribution in [1.29, 1.82) is 0 Å². The molecule has 0 atom stereocenters. The predicted octanol–water partition coefficient (Wildman–Crippen LogP) is 4.98. The van der Waals surface area contributed by atoms with Gasteiger partial charge in [0.25, 0.3) is 0 Å². The van der Waals surface area contributed by atoms with Crippen LogP contribution in [-0.2, 0) is 6.54 Å². The summed E-state index contributed by atoms with van der Waals surface area (Å²) >= 11 is 7.53. The smallest absolute Gasteiger partial charge is 0.190 e. The maximum absolute atomic E-state index is 9.41. The number of aryl methyl sites for hydroxylation is 1. The highest BCUT2D eigenvalue weighted by molar-refractivity contribution is 8.93. The van der Waals surface area contributed by atoms with E-state index in [1.807, 2.05) is 60.0 Å². The zero-order valence-electron chi connectivity index (χ0n) is 13.1. The van der Waals surface area contributed by atoms with E-state index in [1.54, 1.807) is 11.3 Å². The second kappa shape index (κ2) is 8.62. The lowest BCUT2D eigenvalue weighted by Crippen LogP contribution is -2.17. The summed E-state index contributed by atoms with van der Waals surface area (Å²) in [5.41, 5.74) is 4.19. The van der Waals surface area contributed by atoms with E-state index in [1.165, 1.54) is 5.56 Å². The van der Waals surface area contributed by atoms with Crippen LogP contribution >= 0.6 is 39.9 Å². The number of aromatic nitrogens is 1. The molecule has 6 heteroatoms. The number of benzene rings is 2. The van der Waals surface area contributed by atoms with Gasteiger partial charge in [0.05, 0.1) is 18.0 Å². The zero-order chi connectivity index (χ0) is 16.2. The number of aliphatic hydroxyl groups excluding tert-OH is 1. The first-order valence-corrected chi connectivity index (χ1v) is 8.59. The normalized spacial score (nSPS) is 11.4. The Morgan fingerprint density at radius 3 is 2.58 bits per heavy atom. The minimum Gasteiger partial charge on any atom is -0.395 e. The number of hydrogen-bond acceptors (Lipinski definition) is 3. The van der Waals surface area contributed by atoms with Crippen molar-refractivity contribution < 1.29 is 5.11 Å². The molecule has 0 fully saturated rings. The van der Waals surface area contributed by atoms with Gasteiger partial charge in [0.1, 0.15) is 0 Å². The fraction of sp³-hybridized carbons (Fsp3) is 0.167. The van der Waals surface area contributed by atoms with Crippen molar-refractivity contribution in [2.45, 2.75) is 13.5 Å². The van der Waals surface area contributed by atoms with Gasteiger partial charge < -0.3 is 9.67 Å². The van der Waals surface area contributed by atoms with Gasteiger partial charge in [-0.1, -0.05) is 35.9 Å². The molecule has 2 aromatic carbocycles. The molecule has 0 radical (unpaired) electrons. The fourth-order valence-electron chi connectivity index (χ4n) is 2.39. The van der Waals surface area contributed by atoms with Gasteiger partial charge in [-0.2, -0.15) is 0 Å². The lowest BCUT2D eigenvalue weighted by atomic mass is 10.2. The van der Waals surface area contributed by atoms with E-state index >= 15 is 0 Å². The quantitative estimate of drug-likeness (QED) is 0.629. The van der Waals surface area contributed by atoms with Crippen LogP contribution in [-0.4, -0.2) is 16.3 Å². The summed E-state index contributed by atoms with van der Waals surface area (Å²) in [6, 6.07) is 15.8. The Kier molecular flexibility index (Phi) is 6.80. The Bertz CT molecular complexity index is 871. The highest BCUT2D eigenvalue weighted by Crippen LogP contribution is 2.23. The van der Waals surface area contributed by atoms with Crippen LogP contribution in [0.2, 0.25) is 5.02 Å². The molecule has 1 heterocycles. The molecule has 3 rings (SSSR count). The molecule has 3 aromatic rings. The van der Waals surface area contributed by atoms with Crippen molar-refractivity contribution in [3.63, 3.8) is 0 Å². The summed E-state index contributed by atoms with van der Waals surface area (Å²) in [4.78, 5) is 5.60. The lowest BCUT2D eigenvalue weighted by molar-refractivity contribution is 0.275. The molecule has 0 unspecified atom stereocenters. The van der Waals surface area contributed by atoms with Crippen molar-refractivity contribution in [2.75, 3.05) is 6.61 Å². The first kappa shape index (κ1) is 18.9. The Morgan fingerprint density at radius 1 is 1.17 bits per heavy atom. The summed E-state index contributed by atoms with van der Waals surface area (Å²) < 4.78 is 2.04. The lowest BCUT2D eigenvalue weighted by Gasteiger charge is -2.07. The molecule has 0 saturated heterocycles. The fourth-order valence-corrected chi connectivity index (χ4v) is 3.48. The summed E-state index contributed by atoms with van der Waals surface area (Å²) in [7, 11) is 0. The van der Waals surface area contributed by atoms with E-state index < -0.39 is 0 Å². The van der Waals surface area contributed by atoms with E-state index in [-0.39, 0.29) is 23.6 Å². The van der Waals surface area contributed by atoms with E-state index in [2.05, 4.69) is 5.38 Å². The molecule has 24 heavy (non-hydrogen) atoms. The van der Waals surface area contributed by atoms with Gasteiger partial charge in [0, 0.05) is 16.9 Å². The van der Waals surface area contributed by atoms with E-state index in [4.69, 9.17) is 16.6 Å². The topological polar surface area (TPSA) is 37.5 Å². The van der Waals surface area contributed by atoms with Crippen LogP contribution in [0.25, 0.3) is 11.3 Å². The van der Waals surface area contributed by atoms with Crippen LogP contribution < -0.4 is 4.80 Å². The van der Waals surface area contributed by atoms with Crippen LogP contribution in [0.3, 0.4) is 0 Å². The van der Waals surface area contributed by atoms with Crippen LogP contribution in [0.5, 0.6) is 0 Å².